The topological polar surface area (TPSA) is 106 Å². The molecule has 3 rings (SSSR count). The Morgan fingerprint density at radius 1 is 1.15 bits per heavy atom. The zero-order valence-corrected chi connectivity index (χ0v) is 20.3. The molecule has 0 saturated heterocycles. The Balaban J connectivity index is 2.27. The monoisotopic (exact) mass is 481 g/mol. The number of anilines is 2. The highest BCUT2D eigenvalue weighted by Crippen LogP contribution is 2.34. The summed E-state index contributed by atoms with van der Waals surface area (Å²) in [6.07, 6.45) is 3.98. The van der Waals surface area contributed by atoms with Gasteiger partial charge in [-0.3, -0.25) is 14.3 Å². The minimum atomic E-state index is -3.53. The number of carbonyl (C=O) groups is 1. The number of hydrogen-bond acceptors (Lipinski definition) is 6. The maximum absolute atomic E-state index is 12.7. The molecule has 0 amide bonds. The number of sulfonamides is 1. The van der Waals surface area contributed by atoms with Gasteiger partial charge in [-0.05, 0) is 56.2 Å². The zero-order chi connectivity index (χ0) is 25.0. The van der Waals surface area contributed by atoms with Gasteiger partial charge in [0.15, 0.2) is 11.5 Å². The largest absolute Gasteiger partial charge is 0.455 e. The number of rotatable bonds is 9. The lowest BCUT2D eigenvalue weighted by molar-refractivity contribution is 0.104. The molecule has 0 spiro atoms. The van der Waals surface area contributed by atoms with E-state index < -0.39 is 21.2 Å². The normalized spacial score (nSPS) is 11.1. The van der Waals surface area contributed by atoms with Gasteiger partial charge in [0.25, 0.3) is 0 Å². The lowest BCUT2D eigenvalue weighted by Gasteiger charge is -2.19. The van der Waals surface area contributed by atoms with Crippen molar-refractivity contribution in [2.75, 3.05) is 22.8 Å². The predicted molar refractivity (Wildman–Crippen MR) is 135 cm³/mol. The summed E-state index contributed by atoms with van der Waals surface area (Å²) in [6.45, 7) is 8.85. The molecule has 0 saturated carbocycles. The molecule has 0 fully saturated rings. The van der Waals surface area contributed by atoms with Crippen molar-refractivity contribution in [2.45, 2.75) is 20.8 Å². The summed E-state index contributed by atoms with van der Waals surface area (Å²) in [5.74, 6) is 0.432. The highest BCUT2D eigenvalue weighted by Gasteiger charge is 2.17. The van der Waals surface area contributed by atoms with Gasteiger partial charge in [0.05, 0.1) is 28.4 Å². The maximum atomic E-state index is 12.7. The molecule has 0 aliphatic rings. The van der Waals surface area contributed by atoms with Crippen LogP contribution in [0, 0.1) is 13.8 Å². The fourth-order valence-electron chi connectivity index (χ4n) is 3.37. The van der Waals surface area contributed by atoms with Crippen LogP contribution in [0.5, 0.6) is 11.5 Å². The molecule has 0 aliphatic heterocycles. The van der Waals surface area contributed by atoms with Crippen molar-refractivity contribution in [1.29, 1.82) is 0 Å². The quantitative estimate of drug-likeness (QED) is 0.346. The number of benzene rings is 2. The van der Waals surface area contributed by atoms with E-state index in [2.05, 4.69) is 16.6 Å². The second-order valence-electron chi connectivity index (χ2n) is 7.65. The lowest BCUT2D eigenvalue weighted by Crippen LogP contribution is -2.20. The van der Waals surface area contributed by atoms with Crippen molar-refractivity contribution in [2.24, 2.45) is 0 Å². The van der Waals surface area contributed by atoms with Gasteiger partial charge in [-0.2, -0.15) is 0 Å². The van der Waals surface area contributed by atoms with E-state index in [0.29, 0.717) is 22.9 Å². The predicted octanol–water partition coefficient (Wildman–Crippen LogP) is 4.42. The lowest BCUT2D eigenvalue weighted by atomic mass is 10.1. The molecule has 1 heterocycles. The van der Waals surface area contributed by atoms with Crippen LogP contribution < -0.4 is 20.2 Å². The molecule has 2 N–H and O–H groups in total. The molecular formula is C25H27N3O5S. The SMILES string of the molecule is C=CC(=O)c1cn(-c2cc(NS(=O)(=O)CC)ccc2Oc2c(C)cccc2C)cc(NC)c1=O. The van der Waals surface area contributed by atoms with Crippen LogP contribution in [0.2, 0.25) is 0 Å². The first-order valence-corrected chi connectivity index (χ1v) is 12.2. The van der Waals surface area contributed by atoms with E-state index in [1.165, 1.54) is 19.3 Å². The second kappa shape index (κ2) is 9.96. The van der Waals surface area contributed by atoms with E-state index in [9.17, 15) is 18.0 Å². The molecule has 2 aromatic carbocycles. The number of nitrogens with one attached hydrogen (secondary N) is 2. The molecule has 0 atom stereocenters. The van der Waals surface area contributed by atoms with Crippen LogP contribution in [0.3, 0.4) is 0 Å². The van der Waals surface area contributed by atoms with E-state index in [1.807, 2.05) is 32.0 Å². The van der Waals surface area contributed by atoms with Gasteiger partial charge < -0.3 is 14.6 Å². The van der Waals surface area contributed by atoms with Crippen LogP contribution in [-0.4, -0.2) is 31.6 Å². The average molecular weight is 482 g/mol. The number of ether oxygens (including phenoxy) is 1. The summed E-state index contributed by atoms with van der Waals surface area (Å²) < 4.78 is 34.6. The van der Waals surface area contributed by atoms with E-state index in [4.69, 9.17) is 4.74 Å². The number of carbonyl (C=O) groups excluding carboxylic acids is 1. The Hall–Kier alpha value is -3.85. The zero-order valence-electron chi connectivity index (χ0n) is 19.5. The molecule has 0 unspecified atom stereocenters. The maximum Gasteiger partial charge on any atom is 0.232 e. The third-order valence-electron chi connectivity index (χ3n) is 5.26. The highest BCUT2D eigenvalue weighted by atomic mass is 32.2. The van der Waals surface area contributed by atoms with Gasteiger partial charge in [0, 0.05) is 19.4 Å². The number of ketones is 1. The van der Waals surface area contributed by atoms with Crippen LogP contribution >= 0.6 is 0 Å². The fourth-order valence-corrected chi connectivity index (χ4v) is 4.00. The summed E-state index contributed by atoms with van der Waals surface area (Å²) in [5.41, 5.74) is 2.20. The summed E-state index contributed by atoms with van der Waals surface area (Å²) >= 11 is 0. The van der Waals surface area contributed by atoms with Gasteiger partial charge in [-0.25, -0.2) is 8.42 Å². The van der Waals surface area contributed by atoms with E-state index >= 15 is 0 Å². The Kier molecular flexibility index (Phi) is 7.26. The highest BCUT2D eigenvalue weighted by molar-refractivity contribution is 7.92. The first-order chi connectivity index (χ1) is 16.1. The summed E-state index contributed by atoms with van der Waals surface area (Å²) in [6, 6.07) is 10.6. The number of aryl methyl sites for hydroxylation is 2. The van der Waals surface area contributed by atoms with Crippen molar-refractivity contribution < 1.29 is 17.9 Å². The van der Waals surface area contributed by atoms with Crippen molar-refractivity contribution in [3.05, 3.63) is 88.4 Å². The van der Waals surface area contributed by atoms with Crippen molar-refractivity contribution in [1.82, 2.24) is 4.57 Å². The van der Waals surface area contributed by atoms with Crippen LogP contribution in [0.4, 0.5) is 11.4 Å². The van der Waals surface area contributed by atoms with Gasteiger partial charge in [-0.1, -0.05) is 24.8 Å². The minimum absolute atomic E-state index is 0.0839. The minimum Gasteiger partial charge on any atom is -0.455 e. The first kappa shape index (κ1) is 24.8. The molecule has 8 nitrogen and oxygen atoms in total. The third kappa shape index (κ3) is 5.20. The van der Waals surface area contributed by atoms with Gasteiger partial charge in [0.2, 0.25) is 15.5 Å². The molecule has 9 heteroatoms. The van der Waals surface area contributed by atoms with Crippen molar-refractivity contribution >= 4 is 27.2 Å². The molecule has 34 heavy (non-hydrogen) atoms. The molecule has 3 aromatic rings. The Labute approximate surface area is 199 Å². The molecule has 0 aliphatic carbocycles. The number of para-hydroxylation sites is 1. The Morgan fingerprint density at radius 3 is 2.41 bits per heavy atom. The number of hydrogen-bond donors (Lipinski definition) is 2. The van der Waals surface area contributed by atoms with Crippen LogP contribution in [0.25, 0.3) is 5.69 Å². The van der Waals surface area contributed by atoms with Crippen LogP contribution in [0.15, 0.2) is 66.2 Å². The van der Waals surface area contributed by atoms with Gasteiger partial charge >= 0.3 is 0 Å². The molecule has 0 radical (unpaired) electrons. The number of nitrogens with zero attached hydrogens (tertiary/aromatic N) is 1. The van der Waals surface area contributed by atoms with E-state index in [1.54, 1.807) is 29.8 Å². The molecular weight excluding hydrogens is 454 g/mol. The summed E-state index contributed by atoms with van der Waals surface area (Å²) in [7, 11) is -1.96. The first-order valence-electron chi connectivity index (χ1n) is 10.6. The summed E-state index contributed by atoms with van der Waals surface area (Å²) in [5, 5.41) is 2.80. The van der Waals surface area contributed by atoms with E-state index in [0.717, 1.165) is 17.2 Å². The smallest absolute Gasteiger partial charge is 0.232 e. The Bertz CT molecular complexity index is 1400. The average Bonchev–Trinajstić information content (AvgIpc) is 2.81. The van der Waals surface area contributed by atoms with Crippen LogP contribution in [-0.2, 0) is 10.0 Å². The molecule has 1 aromatic heterocycles. The standard InChI is InChI=1S/C25H27N3O5S/c1-6-22(29)19-14-28(15-20(26-5)24(19)30)21-13-18(27-34(31,32)7-2)11-12-23(21)33-25-16(3)9-8-10-17(25)4/h6,8-15,26-27H,1,7H2,2-5H3. The summed E-state index contributed by atoms with van der Waals surface area (Å²) in [4.78, 5) is 25.0. The van der Waals surface area contributed by atoms with Gasteiger partial charge in [0.1, 0.15) is 5.75 Å². The van der Waals surface area contributed by atoms with Crippen molar-refractivity contribution in [3.8, 4) is 17.2 Å². The van der Waals surface area contributed by atoms with Crippen LogP contribution in [0.1, 0.15) is 28.4 Å². The van der Waals surface area contributed by atoms with Crippen molar-refractivity contribution in [3.63, 3.8) is 0 Å². The molecule has 0 bridgehead atoms. The fraction of sp³-hybridized carbons (Fsp3) is 0.200. The third-order valence-corrected chi connectivity index (χ3v) is 6.56. The number of allylic oxidation sites excluding steroid dienone is 1. The molecule has 178 valence electrons. The second-order valence-corrected chi connectivity index (χ2v) is 9.66. The Morgan fingerprint density at radius 2 is 1.82 bits per heavy atom. The van der Waals surface area contributed by atoms with Gasteiger partial charge in [-0.15, -0.1) is 0 Å². The number of pyridine rings is 1. The van der Waals surface area contributed by atoms with E-state index in [-0.39, 0.29) is 17.0 Å². The number of aromatic nitrogens is 1.